The molecule has 7 heteroatoms. The van der Waals surface area contributed by atoms with Crippen molar-refractivity contribution in [2.45, 2.75) is 12.5 Å². The van der Waals surface area contributed by atoms with Crippen LogP contribution in [0.2, 0.25) is 0 Å². The molecule has 0 bridgehead atoms. The summed E-state index contributed by atoms with van der Waals surface area (Å²) in [4.78, 5) is 20.9. The van der Waals surface area contributed by atoms with Crippen molar-refractivity contribution < 1.29 is 23.8 Å². The van der Waals surface area contributed by atoms with Crippen LogP contribution in [-0.2, 0) is 9.59 Å². The number of ether oxygens (including phenoxy) is 1. The highest BCUT2D eigenvalue weighted by molar-refractivity contribution is 7.99. The van der Waals surface area contributed by atoms with Gasteiger partial charge in [-0.1, -0.05) is 0 Å². The Morgan fingerprint density at radius 3 is 2.70 bits per heavy atom. The molecule has 1 aromatic carbocycles. The number of thioether (sulfide) groups is 1. The third-order valence-electron chi connectivity index (χ3n) is 2.43. The van der Waals surface area contributed by atoms with Gasteiger partial charge < -0.3 is 15.2 Å². The van der Waals surface area contributed by atoms with Crippen LogP contribution >= 0.6 is 11.8 Å². The highest BCUT2D eigenvalue weighted by atomic mass is 32.2. The molecule has 0 spiro atoms. The van der Waals surface area contributed by atoms with Gasteiger partial charge in [-0.2, -0.15) is 11.8 Å². The molecule has 1 unspecified atom stereocenters. The van der Waals surface area contributed by atoms with E-state index in [0.717, 1.165) is 0 Å². The number of nitrogens with one attached hydrogen (secondary N) is 1. The molecule has 0 radical (unpaired) electrons. The molecule has 0 aromatic heterocycles. The first kappa shape index (κ1) is 16.3. The van der Waals surface area contributed by atoms with E-state index in [1.54, 1.807) is 12.1 Å². The van der Waals surface area contributed by atoms with E-state index in [4.69, 9.17) is 9.84 Å². The van der Waals surface area contributed by atoms with Crippen molar-refractivity contribution in [3.63, 3.8) is 0 Å². The predicted molar refractivity (Wildman–Crippen MR) is 74.5 cm³/mol. The molecule has 1 rings (SSSR count). The average molecular weight is 301 g/mol. The monoisotopic (exact) mass is 301 g/mol. The fourth-order valence-electron chi connectivity index (χ4n) is 1.41. The van der Waals surface area contributed by atoms with Crippen molar-refractivity contribution in [1.82, 2.24) is 5.32 Å². The smallest absolute Gasteiger partial charge is 0.326 e. The minimum absolute atomic E-state index is 0.311. The number of carbonyl (C=O) groups excluding carboxylic acids is 1. The largest absolute Gasteiger partial charge is 0.493 e. The maximum Gasteiger partial charge on any atom is 0.326 e. The first-order valence-corrected chi connectivity index (χ1v) is 7.17. The zero-order chi connectivity index (χ0) is 14.8. The van der Waals surface area contributed by atoms with Gasteiger partial charge in [0.15, 0.2) is 0 Å². The van der Waals surface area contributed by atoms with Crippen molar-refractivity contribution in [1.29, 1.82) is 0 Å². The molecule has 20 heavy (non-hydrogen) atoms. The molecule has 0 heterocycles. The van der Waals surface area contributed by atoms with E-state index in [-0.39, 0.29) is 5.82 Å². The van der Waals surface area contributed by atoms with Crippen LogP contribution in [0, 0.1) is 5.82 Å². The van der Waals surface area contributed by atoms with Crippen LogP contribution in [-0.4, -0.2) is 41.6 Å². The summed E-state index contributed by atoms with van der Waals surface area (Å²) in [6.07, 6.45) is 0.746. The molecule has 0 fully saturated rings. The van der Waals surface area contributed by atoms with E-state index in [2.05, 4.69) is 5.32 Å². The second kappa shape index (κ2) is 9.19. The van der Waals surface area contributed by atoms with Gasteiger partial charge in [-0.3, -0.25) is 4.79 Å². The van der Waals surface area contributed by atoms with Gasteiger partial charge >= 0.3 is 5.97 Å². The Kier molecular flexibility index (Phi) is 7.49. The van der Waals surface area contributed by atoms with Crippen molar-refractivity contribution in [3.05, 3.63) is 30.1 Å². The van der Waals surface area contributed by atoms with E-state index in [0.29, 0.717) is 36.7 Å². The number of halogens is 1. The van der Waals surface area contributed by atoms with E-state index in [9.17, 15) is 14.0 Å². The van der Waals surface area contributed by atoms with Crippen LogP contribution in [0.4, 0.5) is 4.39 Å². The maximum absolute atomic E-state index is 12.6. The molecule has 0 saturated heterocycles. The minimum Gasteiger partial charge on any atom is -0.493 e. The van der Waals surface area contributed by atoms with Crippen LogP contribution in [0.25, 0.3) is 0 Å². The van der Waals surface area contributed by atoms with Gasteiger partial charge in [0, 0.05) is 5.75 Å². The zero-order valence-corrected chi connectivity index (χ0v) is 11.6. The fraction of sp³-hybridized carbons (Fsp3) is 0.385. The van der Waals surface area contributed by atoms with Crippen molar-refractivity contribution in [3.8, 4) is 5.75 Å². The lowest BCUT2D eigenvalue weighted by atomic mass is 10.2. The minimum atomic E-state index is -1.04. The number of rotatable bonds is 10. The van der Waals surface area contributed by atoms with Crippen molar-refractivity contribution in [2.75, 3.05) is 18.1 Å². The van der Waals surface area contributed by atoms with Gasteiger partial charge in [0.25, 0.3) is 0 Å². The normalized spacial score (nSPS) is 11.7. The number of hydrogen-bond acceptors (Lipinski definition) is 4. The molecule has 0 aliphatic heterocycles. The predicted octanol–water partition coefficient (Wildman–Crippen LogP) is 1.53. The number of hydrogen-bond donors (Lipinski definition) is 2. The van der Waals surface area contributed by atoms with Crippen LogP contribution in [0.5, 0.6) is 5.75 Å². The van der Waals surface area contributed by atoms with Gasteiger partial charge in [0.1, 0.15) is 17.6 Å². The average Bonchev–Trinajstić information content (AvgIpc) is 2.43. The molecule has 1 aromatic rings. The highest BCUT2D eigenvalue weighted by Gasteiger charge is 2.15. The molecule has 5 nitrogen and oxygen atoms in total. The molecule has 0 aliphatic carbocycles. The first-order chi connectivity index (χ1) is 9.63. The van der Waals surface area contributed by atoms with Crippen molar-refractivity contribution >= 4 is 24.1 Å². The van der Waals surface area contributed by atoms with Gasteiger partial charge in [0.05, 0.1) is 6.61 Å². The van der Waals surface area contributed by atoms with Gasteiger partial charge in [-0.15, -0.1) is 0 Å². The summed E-state index contributed by atoms with van der Waals surface area (Å²) in [7, 11) is 0. The Bertz CT molecular complexity index is 427. The second-order valence-corrected chi connectivity index (χ2v) is 5.10. The summed E-state index contributed by atoms with van der Waals surface area (Å²) >= 11 is 1.53. The summed E-state index contributed by atoms with van der Waals surface area (Å²) < 4.78 is 18.0. The van der Waals surface area contributed by atoms with Gasteiger partial charge in [0.2, 0.25) is 6.41 Å². The Balaban J connectivity index is 2.11. The Labute approximate surface area is 120 Å². The topological polar surface area (TPSA) is 75.6 Å². The third kappa shape index (κ3) is 6.42. The lowest BCUT2D eigenvalue weighted by molar-refractivity contribution is -0.140. The quantitative estimate of drug-likeness (QED) is 0.506. The van der Waals surface area contributed by atoms with Gasteiger partial charge in [-0.25, -0.2) is 9.18 Å². The Morgan fingerprint density at radius 1 is 1.40 bits per heavy atom. The molecule has 0 saturated carbocycles. The molecular formula is C13H16FNO4S. The highest BCUT2D eigenvalue weighted by Crippen LogP contribution is 2.12. The molecule has 110 valence electrons. The lowest BCUT2D eigenvalue weighted by Gasteiger charge is -2.10. The Morgan fingerprint density at radius 2 is 2.10 bits per heavy atom. The molecule has 1 amide bonds. The summed E-state index contributed by atoms with van der Waals surface area (Å²) in [5.74, 6) is 0.530. The van der Waals surface area contributed by atoms with Gasteiger partial charge in [-0.05, 0) is 36.4 Å². The van der Waals surface area contributed by atoms with E-state index < -0.39 is 12.0 Å². The standard InChI is InChI=1S/C13H16FNO4S/c14-10-1-3-11(4-2-10)19-6-8-20-7-5-12(13(17)18)15-9-16/h1-4,9,12H,5-8H2,(H,15,16)(H,17,18). The fourth-order valence-corrected chi connectivity index (χ4v) is 2.22. The Hall–Kier alpha value is -1.76. The number of amides is 1. The van der Waals surface area contributed by atoms with Crippen LogP contribution in [0.3, 0.4) is 0 Å². The summed E-state index contributed by atoms with van der Waals surface area (Å²) in [5, 5.41) is 11.0. The van der Waals surface area contributed by atoms with E-state index in [1.165, 1.54) is 23.9 Å². The van der Waals surface area contributed by atoms with Crippen LogP contribution in [0.1, 0.15) is 6.42 Å². The number of carbonyl (C=O) groups is 2. The van der Waals surface area contributed by atoms with E-state index >= 15 is 0 Å². The number of aliphatic carboxylic acids is 1. The SMILES string of the molecule is O=CNC(CCSCCOc1ccc(F)cc1)C(=O)O. The third-order valence-corrected chi connectivity index (χ3v) is 3.41. The van der Waals surface area contributed by atoms with Crippen LogP contribution < -0.4 is 10.1 Å². The second-order valence-electron chi connectivity index (χ2n) is 3.88. The zero-order valence-electron chi connectivity index (χ0n) is 10.8. The first-order valence-electron chi connectivity index (χ1n) is 6.02. The van der Waals surface area contributed by atoms with Crippen LogP contribution in [0.15, 0.2) is 24.3 Å². The number of benzene rings is 1. The van der Waals surface area contributed by atoms with E-state index in [1.807, 2.05) is 0 Å². The summed E-state index contributed by atoms with van der Waals surface area (Å²) in [5.41, 5.74) is 0. The molecule has 2 N–H and O–H groups in total. The maximum atomic E-state index is 12.6. The molecule has 0 aliphatic rings. The number of carboxylic acids is 1. The molecular weight excluding hydrogens is 285 g/mol. The number of carboxylic acid groups (broad SMARTS) is 1. The lowest BCUT2D eigenvalue weighted by Crippen LogP contribution is -2.36. The molecule has 1 atom stereocenters. The summed E-state index contributed by atoms with van der Waals surface area (Å²) in [6.45, 7) is 0.454. The van der Waals surface area contributed by atoms with Crippen molar-refractivity contribution in [2.24, 2.45) is 0 Å². The summed E-state index contributed by atoms with van der Waals surface area (Å²) in [6, 6.07) is 4.90.